The Bertz CT molecular complexity index is 844. The molecule has 0 bridgehead atoms. The molecule has 4 aliphatic carbocycles. The summed E-state index contributed by atoms with van der Waals surface area (Å²) >= 11 is 0. The maximum absolute atomic E-state index is 13.0. The third kappa shape index (κ3) is 2.44. The summed E-state index contributed by atoms with van der Waals surface area (Å²) < 4.78 is 11.4. The molecule has 1 aliphatic heterocycles. The molecule has 0 amide bonds. The Labute approximate surface area is 178 Å². The highest BCUT2D eigenvalue weighted by atomic mass is 16.6. The Morgan fingerprint density at radius 1 is 1.17 bits per heavy atom. The summed E-state index contributed by atoms with van der Waals surface area (Å²) in [6, 6.07) is 0. The zero-order valence-corrected chi connectivity index (χ0v) is 18.7. The summed E-state index contributed by atoms with van der Waals surface area (Å²) in [4.78, 5) is 37.4. The number of ketones is 1. The first-order valence-electron chi connectivity index (χ1n) is 11.7. The van der Waals surface area contributed by atoms with E-state index in [1.165, 1.54) is 7.11 Å². The second-order valence-electron chi connectivity index (χ2n) is 11.2. The lowest BCUT2D eigenvalue weighted by Crippen LogP contribution is -2.60. The van der Waals surface area contributed by atoms with E-state index in [4.69, 9.17) is 9.47 Å². The lowest BCUT2D eigenvalue weighted by molar-refractivity contribution is -0.185. The fourth-order valence-electron chi connectivity index (χ4n) is 8.91. The summed E-state index contributed by atoms with van der Waals surface area (Å²) in [7, 11) is 1.48. The molecule has 0 N–H and O–H groups in total. The van der Waals surface area contributed by atoms with Crippen molar-refractivity contribution >= 4 is 17.7 Å². The van der Waals surface area contributed by atoms with Crippen molar-refractivity contribution in [3.05, 3.63) is 11.6 Å². The molecule has 5 unspecified atom stereocenters. The van der Waals surface area contributed by atoms with Crippen LogP contribution in [0.4, 0.5) is 0 Å². The topological polar surface area (TPSA) is 69.7 Å². The van der Waals surface area contributed by atoms with Crippen LogP contribution >= 0.6 is 0 Å². The van der Waals surface area contributed by atoms with E-state index in [1.54, 1.807) is 0 Å². The number of fused-ring (bicyclic) bond motifs is 6. The van der Waals surface area contributed by atoms with E-state index >= 15 is 0 Å². The van der Waals surface area contributed by atoms with E-state index in [9.17, 15) is 14.4 Å². The standard InChI is InChI=1S/C25H34O5/c1-14-13-24(3)18(6-9-25(24)10-7-19(27)30-25)20-17(22(28)29-4)12-15-11-16(26)5-8-23(15,2)21(14)20/h11,14,17-18,20-21H,5-10,12-13H2,1-4H3/t14-,17-,18?,20?,21?,23?,24?,25-/m1/s1. The minimum atomic E-state index is -0.367. The van der Waals surface area contributed by atoms with Gasteiger partial charge in [-0.1, -0.05) is 26.3 Å². The van der Waals surface area contributed by atoms with Crippen molar-refractivity contribution in [3.63, 3.8) is 0 Å². The minimum absolute atomic E-state index is 0.0358. The Balaban J connectivity index is 1.62. The van der Waals surface area contributed by atoms with E-state index in [2.05, 4.69) is 20.8 Å². The van der Waals surface area contributed by atoms with Gasteiger partial charge in [0.2, 0.25) is 0 Å². The monoisotopic (exact) mass is 414 g/mol. The van der Waals surface area contributed by atoms with Crippen LogP contribution in [0.15, 0.2) is 11.6 Å². The lowest BCUT2D eigenvalue weighted by atomic mass is 9.41. The van der Waals surface area contributed by atoms with Crippen molar-refractivity contribution in [1.82, 2.24) is 0 Å². The molecule has 0 aromatic rings. The van der Waals surface area contributed by atoms with Gasteiger partial charge in [-0.25, -0.2) is 0 Å². The molecule has 5 nitrogen and oxygen atoms in total. The summed E-state index contributed by atoms with van der Waals surface area (Å²) in [5.41, 5.74) is 0.652. The van der Waals surface area contributed by atoms with Crippen LogP contribution in [0.2, 0.25) is 0 Å². The predicted molar refractivity (Wildman–Crippen MR) is 110 cm³/mol. The number of methoxy groups -OCH3 is 1. The Hall–Kier alpha value is -1.65. The van der Waals surface area contributed by atoms with Crippen LogP contribution < -0.4 is 0 Å². The van der Waals surface area contributed by atoms with Crippen LogP contribution in [0.1, 0.15) is 72.1 Å². The number of esters is 2. The van der Waals surface area contributed by atoms with Crippen LogP contribution in [0.3, 0.4) is 0 Å². The van der Waals surface area contributed by atoms with Crippen molar-refractivity contribution in [2.75, 3.05) is 7.11 Å². The fourth-order valence-corrected chi connectivity index (χ4v) is 8.91. The number of ether oxygens (including phenoxy) is 2. The highest BCUT2D eigenvalue weighted by molar-refractivity contribution is 5.92. The van der Waals surface area contributed by atoms with Gasteiger partial charge in [0, 0.05) is 18.3 Å². The van der Waals surface area contributed by atoms with Gasteiger partial charge in [-0.2, -0.15) is 0 Å². The molecule has 4 fully saturated rings. The maximum atomic E-state index is 13.0. The highest BCUT2D eigenvalue weighted by Gasteiger charge is 2.70. The van der Waals surface area contributed by atoms with Gasteiger partial charge in [0.1, 0.15) is 5.60 Å². The normalized spacial score (nSPS) is 49.7. The Morgan fingerprint density at radius 2 is 1.93 bits per heavy atom. The van der Waals surface area contributed by atoms with Gasteiger partial charge in [0.15, 0.2) is 5.78 Å². The van der Waals surface area contributed by atoms with Gasteiger partial charge in [0.05, 0.1) is 13.0 Å². The first kappa shape index (κ1) is 20.3. The smallest absolute Gasteiger partial charge is 0.309 e. The van der Waals surface area contributed by atoms with Gasteiger partial charge in [0.25, 0.3) is 0 Å². The SMILES string of the molecule is COC(=O)[C@@H]1CC2=CC(=O)CCC2(C)C2C1C1CC[C@@]3(CCC(=O)O3)C1(C)C[C@H]2C. The van der Waals surface area contributed by atoms with Crippen LogP contribution in [0.25, 0.3) is 0 Å². The third-order valence-electron chi connectivity index (χ3n) is 10.1. The zero-order chi connectivity index (χ0) is 21.5. The molecule has 1 heterocycles. The molecule has 0 aromatic carbocycles. The van der Waals surface area contributed by atoms with Crippen molar-refractivity contribution in [2.45, 2.75) is 77.7 Å². The number of allylic oxidation sites excluding steroid dienone is 1. The molecule has 5 aliphatic rings. The third-order valence-corrected chi connectivity index (χ3v) is 10.1. The number of hydrogen-bond acceptors (Lipinski definition) is 5. The van der Waals surface area contributed by atoms with Crippen molar-refractivity contribution < 1.29 is 23.9 Å². The Kier molecular flexibility index (Phi) is 4.34. The van der Waals surface area contributed by atoms with E-state index in [-0.39, 0.29) is 46.0 Å². The van der Waals surface area contributed by atoms with E-state index in [1.807, 2.05) is 6.08 Å². The summed E-state index contributed by atoms with van der Waals surface area (Å²) in [5, 5.41) is 0. The average Bonchev–Trinajstić information content (AvgIpc) is 3.21. The molecule has 5 rings (SSSR count). The van der Waals surface area contributed by atoms with Gasteiger partial charge < -0.3 is 9.47 Å². The first-order valence-corrected chi connectivity index (χ1v) is 11.7. The zero-order valence-electron chi connectivity index (χ0n) is 18.7. The number of hydrogen-bond donors (Lipinski definition) is 0. The van der Waals surface area contributed by atoms with Crippen molar-refractivity contribution in [2.24, 2.45) is 40.4 Å². The minimum Gasteiger partial charge on any atom is -0.469 e. The molecule has 0 radical (unpaired) electrons. The molecular formula is C25H34O5. The van der Waals surface area contributed by atoms with E-state index in [0.717, 1.165) is 37.7 Å². The number of carbonyl (C=O) groups excluding carboxylic acids is 3. The largest absolute Gasteiger partial charge is 0.469 e. The summed E-state index contributed by atoms with van der Waals surface area (Å²) in [6.07, 6.45) is 8.18. The number of carbonyl (C=O) groups is 3. The maximum Gasteiger partial charge on any atom is 0.309 e. The summed E-state index contributed by atoms with van der Waals surface area (Å²) in [5.74, 6) is 1.04. The Morgan fingerprint density at radius 3 is 2.60 bits per heavy atom. The predicted octanol–water partition coefficient (Wildman–Crippen LogP) is 4.24. The van der Waals surface area contributed by atoms with E-state index in [0.29, 0.717) is 37.0 Å². The molecular weight excluding hydrogens is 380 g/mol. The quantitative estimate of drug-likeness (QED) is 0.600. The molecule has 30 heavy (non-hydrogen) atoms. The fraction of sp³-hybridized carbons (Fsp3) is 0.800. The van der Waals surface area contributed by atoms with Gasteiger partial charge >= 0.3 is 11.9 Å². The average molecular weight is 415 g/mol. The second-order valence-corrected chi connectivity index (χ2v) is 11.2. The van der Waals surface area contributed by atoms with Crippen LogP contribution in [-0.2, 0) is 23.9 Å². The molecule has 3 saturated carbocycles. The molecule has 8 atom stereocenters. The molecule has 0 aromatic heterocycles. The van der Waals surface area contributed by atoms with Gasteiger partial charge in [-0.3, -0.25) is 14.4 Å². The van der Waals surface area contributed by atoms with Gasteiger partial charge in [-0.15, -0.1) is 0 Å². The number of rotatable bonds is 1. The molecule has 164 valence electrons. The highest BCUT2D eigenvalue weighted by Crippen LogP contribution is 2.71. The van der Waals surface area contributed by atoms with Crippen LogP contribution in [0.5, 0.6) is 0 Å². The molecule has 1 spiro atoms. The molecule has 1 saturated heterocycles. The van der Waals surface area contributed by atoms with Gasteiger partial charge in [-0.05, 0) is 73.7 Å². The molecule has 5 heteroatoms. The van der Waals surface area contributed by atoms with Crippen molar-refractivity contribution in [1.29, 1.82) is 0 Å². The summed E-state index contributed by atoms with van der Waals surface area (Å²) in [6.45, 7) is 6.97. The van der Waals surface area contributed by atoms with Crippen LogP contribution in [0, 0.1) is 40.4 Å². The van der Waals surface area contributed by atoms with E-state index < -0.39 is 0 Å². The van der Waals surface area contributed by atoms with Crippen LogP contribution in [-0.4, -0.2) is 30.4 Å². The lowest BCUT2D eigenvalue weighted by Gasteiger charge is -2.62. The van der Waals surface area contributed by atoms with Crippen molar-refractivity contribution in [3.8, 4) is 0 Å². The second kappa shape index (κ2) is 6.43. The first-order chi connectivity index (χ1) is 14.1.